The number of hydrogen-bond donors (Lipinski definition) is 0. The summed E-state index contributed by atoms with van der Waals surface area (Å²) in [5.41, 5.74) is 1.06. The molecule has 1 aromatic rings. The van der Waals surface area contributed by atoms with Crippen LogP contribution in [-0.2, 0) is 11.3 Å². The maximum Gasteiger partial charge on any atom is 0.222 e. The van der Waals surface area contributed by atoms with Crippen LogP contribution >= 0.6 is 0 Å². The summed E-state index contributed by atoms with van der Waals surface area (Å²) in [6.07, 6.45) is 15.1. The Labute approximate surface area is 207 Å². The number of carbonyl (C=O) groups excluding carboxylic acids is 1. The molecule has 1 saturated heterocycles. The van der Waals surface area contributed by atoms with Crippen molar-refractivity contribution in [3.05, 3.63) is 35.6 Å². The quantitative estimate of drug-likeness (QED) is 0.259. The summed E-state index contributed by atoms with van der Waals surface area (Å²) in [5, 5.41) is 0. The van der Waals surface area contributed by atoms with Gasteiger partial charge in [0.15, 0.2) is 0 Å². The molecule has 1 aromatic carbocycles. The van der Waals surface area contributed by atoms with E-state index in [0.717, 1.165) is 55.7 Å². The Hall–Kier alpha value is -0.940. The average Bonchev–Trinajstić information content (AvgIpc) is 2.78. The Morgan fingerprint density at radius 3 is 2.00 bits per heavy atom. The SMILES string of the molecule is CCCCCCCCCCCCCC(=O)N1CC[N+](CC)(Cc2cccc(F)c2)CC1.[Br-]. The third-order valence-electron chi connectivity index (χ3n) is 7.11. The third-order valence-corrected chi connectivity index (χ3v) is 7.11. The predicted molar refractivity (Wildman–Crippen MR) is 128 cm³/mol. The van der Waals surface area contributed by atoms with Crippen LogP contribution in [0.1, 0.15) is 96.5 Å². The second kappa shape index (κ2) is 16.6. The Bertz CT molecular complexity index is 632. The van der Waals surface area contributed by atoms with Crippen LogP contribution in [0.25, 0.3) is 0 Å². The van der Waals surface area contributed by atoms with Gasteiger partial charge in [-0.1, -0.05) is 83.3 Å². The fourth-order valence-electron chi connectivity index (χ4n) is 4.85. The summed E-state index contributed by atoms with van der Waals surface area (Å²) in [6.45, 7) is 9.96. The van der Waals surface area contributed by atoms with Crippen molar-refractivity contribution in [2.75, 3.05) is 32.7 Å². The first-order valence-electron chi connectivity index (χ1n) is 13.0. The predicted octanol–water partition coefficient (Wildman–Crippen LogP) is 3.71. The molecule has 0 aliphatic carbocycles. The van der Waals surface area contributed by atoms with E-state index < -0.39 is 0 Å². The molecule has 1 aliphatic heterocycles. The summed E-state index contributed by atoms with van der Waals surface area (Å²) in [6, 6.07) is 6.97. The standard InChI is InChI=1S/C27H46FN2O.BrH/c1-3-5-6-7-8-9-10-11-12-13-14-18-27(31)29-19-21-30(4-2,22-20-29)24-25-16-15-17-26(28)23-25;/h15-17,23H,3-14,18-22,24H2,1-2H3;1H/q+1;/p-1. The summed E-state index contributed by atoms with van der Waals surface area (Å²) in [5.74, 6) is 0.170. The molecular weight excluding hydrogens is 467 g/mol. The van der Waals surface area contributed by atoms with Gasteiger partial charge in [-0.15, -0.1) is 0 Å². The molecule has 2 rings (SSSR count). The topological polar surface area (TPSA) is 20.3 Å². The number of piperazine rings is 1. The van der Waals surface area contributed by atoms with Crippen LogP contribution in [0.2, 0.25) is 0 Å². The van der Waals surface area contributed by atoms with Gasteiger partial charge < -0.3 is 26.4 Å². The maximum absolute atomic E-state index is 13.5. The van der Waals surface area contributed by atoms with Crippen LogP contribution < -0.4 is 17.0 Å². The van der Waals surface area contributed by atoms with Crippen molar-refractivity contribution in [3.8, 4) is 0 Å². The Kier molecular flexibility index (Phi) is 15.1. The molecule has 32 heavy (non-hydrogen) atoms. The lowest BCUT2D eigenvalue weighted by Gasteiger charge is -2.44. The van der Waals surface area contributed by atoms with Crippen LogP contribution in [0.4, 0.5) is 4.39 Å². The number of halogens is 2. The van der Waals surface area contributed by atoms with E-state index in [1.807, 2.05) is 6.07 Å². The molecule has 0 radical (unpaired) electrons. The number of rotatable bonds is 15. The van der Waals surface area contributed by atoms with Crippen molar-refractivity contribution in [1.29, 1.82) is 0 Å². The third kappa shape index (κ3) is 10.8. The summed E-state index contributed by atoms with van der Waals surface area (Å²) < 4.78 is 14.5. The van der Waals surface area contributed by atoms with Gasteiger partial charge in [0.2, 0.25) is 5.91 Å². The molecule has 1 fully saturated rings. The molecule has 1 aliphatic rings. The number of hydrogen-bond acceptors (Lipinski definition) is 1. The molecule has 3 nitrogen and oxygen atoms in total. The van der Waals surface area contributed by atoms with Crippen LogP contribution in [0, 0.1) is 5.82 Å². The zero-order chi connectivity index (χ0) is 22.4. The number of amides is 1. The van der Waals surface area contributed by atoms with E-state index in [0.29, 0.717) is 12.3 Å². The lowest BCUT2D eigenvalue weighted by molar-refractivity contribution is -0.942. The van der Waals surface area contributed by atoms with Crippen molar-refractivity contribution in [2.24, 2.45) is 0 Å². The van der Waals surface area contributed by atoms with Crippen LogP contribution in [0.3, 0.4) is 0 Å². The monoisotopic (exact) mass is 512 g/mol. The van der Waals surface area contributed by atoms with Crippen LogP contribution in [0.15, 0.2) is 24.3 Å². The molecular formula is C27H46BrFN2O. The highest BCUT2D eigenvalue weighted by Crippen LogP contribution is 2.20. The van der Waals surface area contributed by atoms with Gasteiger partial charge in [0.1, 0.15) is 12.4 Å². The van der Waals surface area contributed by atoms with Gasteiger partial charge in [0.25, 0.3) is 0 Å². The Morgan fingerprint density at radius 1 is 0.906 bits per heavy atom. The van der Waals surface area contributed by atoms with E-state index in [1.54, 1.807) is 12.1 Å². The van der Waals surface area contributed by atoms with Crippen molar-refractivity contribution in [1.82, 2.24) is 4.90 Å². The normalized spacial score (nSPS) is 15.4. The molecule has 1 heterocycles. The minimum atomic E-state index is -0.160. The molecule has 0 bridgehead atoms. The fraction of sp³-hybridized carbons (Fsp3) is 0.741. The van der Waals surface area contributed by atoms with Crippen molar-refractivity contribution < 1.29 is 30.6 Å². The number of carbonyl (C=O) groups is 1. The lowest BCUT2D eigenvalue weighted by Crippen LogP contribution is -3.00. The fourth-order valence-corrected chi connectivity index (χ4v) is 4.85. The highest BCUT2D eigenvalue weighted by molar-refractivity contribution is 5.76. The molecule has 1 amide bonds. The lowest BCUT2D eigenvalue weighted by atomic mass is 10.0. The number of nitrogens with zero attached hydrogens (tertiary/aromatic N) is 2. The summed E-state index contributed by atoms with van der Waals surface area (Å²) >= 11 is 0. The minimum Gasteiger partial charge on any atom is -1.00 e. The number of benzene rings is 1. The highest BCUT2D eigenvalue weighted by Gasteiger charge is 2.33. The van der Waals surface area contributed by atoms with Crippen LogP contribution in [-0.4, -0.2) is 48.0 Å². The number of quaternary nitrogens is 1. The van der Waals surface area contributed by atoms with Crippen molar-refractivity contribution in [3.63, 3.8) is 0 Å². The highest BCUT2D eigenvalue weighted by atomic mass is 79.9. The smallest absolute Gasteiger partial charge is 0.222 e. The zero-order valence-electron chi connectivity index (χ0n) is 20.6. The van der Waals surface area contributed by atoms with Gasteiger partial charge in [-0.25, -0.2) is 4.39 Å². The van der Waals surface area contributed by atoms with E-state index in [4.69, 9.17) is 0 Å². The van der Waals surface area contributed by atoms with Gasteiger partial charge >= 0.3 is 0 Å². The number of likely N-dealkylation sites (N-methyl/N-ethyl adjacent to an activating group) is 1. The van der Waals surface area contributed by atoms with E-state index >= 15 is 0 Å². The van der Waals surface area contributed by atoms with Gasteiger partial charge in [0, 0.05) is 12.0 Å². The van der Waals surface area contributed by atoms with E-state index in [9.17, 15) is 9.18 Å². The first kappa shape index (κ1) is 29.1. The molecule has 0 saturated carbocycles. The minimum absolute atomic E-state index is 0. The van der Waals surface area contributed by atoms with Crippen molar-refractivity contribution >= 4 is 5.91 Å². The largest absolute Gasteiger partial charge is 1.00 e. The molecule has 0 N–H and O–H groups in total. The second-order valence-electron chi connectivity index (χ2n) is 9.56. The van der Waals surface area contributed by atoms with Gasteiger partial charge in [0.05, 0.1) is 32.7 Å². The summed E-state index contributed by atoms with van der Waals surface area (Å²) in [4.78, 5) is 14.7. The average molecular weight is 514 g/mol. The maximum atomic E-state index is 13.5. The van der Waals surface area contributed by atoms with E-state index in [-0.39, 0.29) is 22.8 Å². The molecule has 0 unspecified atom stereocenters. The van der Waals surface area contributed by atoms with Crippen molar-refractivity contribution in [2.45, 2.75) is 97.4 Å². The van der Waals surface area contributed by atoms with E-state index in [1.165, 1.54) is 70.3 Å². The Morgan fingerprint density at radius 2 is 1.47 bits per heavy atom. The first-order valence-corrected chi connectivity index (χ1v) is 13.0. The zero-order valence-corrected chi connectivity index (χ0v) is 22.2. The molecule has 184 valence electrons. The molecule has 0 aromatic heterocycles. The summed E-state index contributed by atoms with van der Waals surface area (Å²) in [7, 11) is 0. The molecule has 0 spiro atoms. The van der Waals surface area contributed by atoms with Gasteiger partial charge in [-0.05, 0) is 25.5 Å². The first-order chi connectivity index (χ1) is 15.1. The molecule has 5 heteroatoms. The number of unbranched alkanes of at least 4 members (excludes halogenated alkanes) is 10. The molecule has 0 atom stereocenters. The Balaban J connectivity index is 0.00000512. The second-order valence-corrected chi connectivity index (χ2v) is 9.56. The van der Waals surface area contributed by atoms with Gasteiger partial charge in [-0.2, -0.15) is 0 Å². The van der Waals surface area contributed by atoms with Gasteiger partial charge in [-0.3, -0.25) is 4.79 Å². The van der Waals surface area contributed by atoms with Crippen LogP contribution in [0.5, 0.6) is 0 Å². The van der Waals surface area contributed by atoms with E-state index in [2.05, 4.69) is 18.7 Å².